The number of aryl methyl sites for hydroxylation is 1. The minimum absolute atomic E-state index is 0. The average molecular weight is 419 g/mol. The first-order valence-corrected chi connectivity index (χ1v) is 10.0. The third-order valence-electron chi connectivity index (χ3n) is 5.15. The van der Waals surface area contributed by atoms with Gasteiger partial charge in [0, 0.05) is 19.2 Å². The topological polar surface area (TPSA) is 73.6 Å². The Kier molecular flexibility index (Phi) is 9.29. The van der Waals surface area contributed by atoms with Crippen molar-refractivity contribution in [3.63, 3.8) is 0 Å². The zero-order chi connectivity index (χ0) is 19.8. The molecule has 1 unspecified atom stereocenters. The number of nitrogen functional groups attached to an aromatic ring is 1. The molecule has 0 bridgehead atoms. The van der Waals surface area contributed by atoms with Gasteiger partial charge in [0.05, 0.1) is 19.3 Å². The Labute approximate surface area is 179 Å². The van der Waals surface area contributed by atoms with Crippen LogP contribution in [0.5, 0.6) is 5.75 Å². The van der Waals surface area contributed by atoms with Crippen LogP contribution in [0.3, 0.4) is 0 Å². The monoisotopic (exact) mass is 418 g/mol. The van der Waals surface area contributed by atoms with E-state index in [2.05, 4.69) is 5.32 Å². The fourth-order valence-electron chi connectivity index (χ4n) is 3.65. The second kappa shape index (κ2) is 11.7. The largest absolute Gasteiger partial charge is 0.494 e. The Morgan fingerprint density at radius 3 is 2.72 bits per heavy atom. The summed E-state index contributed by atoms with van der Waals surface area (Å²) in [7, 11) is 1.70. The molecule has 1 amide bonds. The third kappa shape index (κ3) is 6.94. The smallest absolute Gasteiger partial charge is 0.220 e. The van der Waals surface area contributed by atoms with Crippen LogP contribution in [0.15, 0.2) is 42.5 Å². The van der Waals surface area contributed by atoms with Crippen molar-refractivity contribution in [2.45, 2.75) is 44.6 Å². The summed E-state index contributed by atoms with van der Waals surface area (Å²) in [5, 5.41) is 3.17. The molecule has 5 nitrogen and oxygen atoms in total. The first-order valence-electron chi connectivity index (χ1n) is 10.0. The van der Waals surface area contributed by atoms with E-state index in [4.69, 9.17) is 15.2 Å². The molecule has 0 aromatic heterocycles. The summed E-state index contributed by atoms with van der Waals surface area (Å²) in [5.74, 6) is 0.911. The molecular weight excluding hydrogens is 388 g/mol. The lowest BCUT2D eigenvalue weighted by Gasteiger charge is -2.26. The van der Waals surface area contributed by atoms with E-state index in [9.17, 15) is 4.79 Å². The molecule has 3 N–H and O–H groups in total. The van der Waals surface area contributed by atoms with Gasteiger partial charge >= 0.3 is 0 Å². The predicted octanol–water partition coefficient (Wildman–Crippen LogP) is 4.23. The Morgan fingerprint density at radius 1 is 1.17 bits per heavy atom. The number of nitrogens with one attached hydrogen (secondary N) is 1. The molecule has 0 saturated heterocycles. The van der Waals surface area contributed by atoms with E-state index in [1.165, 1.54) is 16.7 Å². The van der Waals surface area contributed by atoms with Crippen LogP contribution in [0.1, 0.15) is 48.4 Å². The Hall–Kier alpha value is -2.24. The molecule has 1 atom stereocenters. The standard InChI is InChI=1S/C23H30N2O3.ClH/c1-27-15-13-17-7-10-20(11-8-17)28-14-3-6-23(26)25-22-5-2-4-18-16-19(24)9-12-21(18)22;/h7-12,16,22H,2-6,13-15,24H2,1H3,(H,25,26);1H. The number of carbonyl (C=O) groups excluding carboxylic acids is 1. The summed E-state index contributed by atoms with van der Waals surface area (Å²) in [6.45, 7) is 1.25. The van der Waals surface area contributed by atoms with Crippen LogP contribution in [0.25, 0.3) is 0 Å². The van der Waals surface area contributed by atoms with Crippen LogP contribution >= 0.6 is 12.4 Å². The SMILES string of the molecule is COCCc1ccc(OCCCC(=O)NC2CCCc3cc(N)ccc32)cc1.Cl. The molecule has 158 valence electrons. The quantitative estimate of drug-likeness (QED) is 0.472. The van der Waals surface area contributed by atoms with Gasteiger partial charge in [0.1, 0.15) is 5.75 Å². The molecular formula is C23H31ClN2O3. The van der Waals surface area contributed by atoms with Crippen molar-refractivity contribution in [1.82, 2.24) is 5.32 Å². The summed E-state index contributed by atoms with van der Waals surface area (Å²) in [5.41, 5.74) is 10.4. The van der Waals surface area contributed by atoms with Gasteiger partial charge in [-0.15, -0.1) is 12.4 Å². The number of methoxy groups -OCH3 is 1. The number of amides is 1. The highest BCUT2D eigenvalue weighted by molar-refractivity contribution is 5.85. The molecule has 1 aliphatic rings. The van der Waals surface area contributed by atoms with Crippen LogP contribution in [0.4, 0.5) is 5.69 Å². The number of benzene rings is 2. The van der Waals surface area contributed by atoms with E-state index in [0.29, 0.717) is 26.1 Å². The number of fused-ring (bicyclic) bond motifs is 1. The van der Waals surface area contributed by atoms with E-state index in [1.807, 2.05) is 42.5 Å². The molecule has 2 aromatic carbocycles. The van der Waals surface area contributed by atoms with E-state index in [-0.39, 0.29) is 24.4 Å². The highest BCUT2D eigenvalue weighted by Crippen LogP contribution is 2.31. The van der Waals surface area contributed by atoms with Crippen molar-refractivity contribution in [3.8, 4) is 5.75 Å². The van der Waals surface area contributed by atoms with Crippen molar-refractivity contribution < 1.29 is 14.3 Å². The van der Waals surface area contributed by atoms with E-state index < -0.39 is 0 Å². The lowest BCUT2D eigenvalue weighted by Crippen LogP contribution is -2.31. The number of hydrogen-bond donors (Lipinski definition) is 2. The van der Waals surface area contributed by atoms with Crippen LogP contribution in [0.2, 0.25) is 0 Å². The molecule has 1 aliphatic carbocycles. The summed E-state index contributed by atoms with van der Waals surface area (Å²) in [4.78, 5) is 12.3. The van der Waals surface area contributed by atoms with Crippen molar-refractivity contribution in [2.24, 2.45) is 0 Å². The number of carbonyl (C=O) groups is 1. The lowest BCUT2D eigenvalue weighted by molar-refractivity contribution is -0.122. The average Bonchev–Trinajstić information content (AvgIpc) is 2.70. The van der Waals surface area contributed by atoms with Gasteiger partial charge in [-0.05, 0) is 73.1 Å². The maximum atomic E-state index is 12.3. The highest BCUT2D eigenvalue weighted by Gasteiger charge is 2.21. The minimum Gasteiger partial charge on any atom is -0.494 e. The van der Waals surface area contributed by atoms with Gasteiger partial charge in [-0.25, -0.2) is 0 Å². The van der Waals surface area contributed by atoms with Crippen LogP contribution < -0.4 is 15.8 Å². The van der Waals surface area contributed by atoms with Crippen molar-refractivity contribution in [3.05, 3.63) is 59.2 Å². The van der Waals surface area contributed by atoms with E-state index >= 15 is 0 Å². The molecule has 3 rings (SSSR count). The molecule has 0 fully saturated rings. The summed E-state index contributed by atoms with van der Waals surface area (Å²) < 4.78 is 10.8. The first kappa shape index (κ1) is 23.0. The van der Waals surface area contributed by atoms with Crippen LogP contribution in [-0.4, -0.2) is 26.2 Å². The second-order valence-corrected chi connectivity index (χ2v) is 7.31. The second-order valence-electron chi connectivity index (χ2n) is 7.31. The zero-order valence-electron chi connectivity index (χ0n) is 17.0. The van der Waals surface area contributed by atoms with Crippen LogP contribution in [0, 0.1) is 0 Å². The van der Waals surface area contributed by atoms with Gasteiger partial charge in [0.2, 0.25) is 5.91 Å². The number of rotatable bonds is 9. The van der Waals surface area contributed by atoms with Crippen molar-refractivity contribution in [1.29, 1.82) is 0 Å². The normalized spacial score (nSPS) is 15.1. The van der Waals surface area contributed by atoms with Gasteiger partial charge in [0.25, 0.3) is 0 Å². The lowest BCUT2D eigenvalue weighted by atomic mass is 9.87. The number of hydrogen-bond acceptors (Lipinski definition) is 4. The van der Waals surface area contributed by atoms with Crippen LogP contribution in [-0.2, 0) is 22.4 Å². The molecule has 29 heavy (non-hydrogen) atoms. The summed E-state index contributed by atoms with van der Waals surface area (Å²) in [6.07, 6.45) is 5.14. The third-order valence-corrected chi connectivity index (χ3v) is 5.15. The molecule has 0 spiro atoms. The van der Waals surface area contributed by atoms with Gasteiger partial charge in [-0.1, -0.05) is 18.2 Å². The van der Waals surface area contributed by atoms with E-state index in [1.54, 1.807) is 7.11 Å². The maximum absolute atomic E-state index is 12.3. The molecule has 0 radical (unpaired) electrons. The minimum atomic E-state index is 0. The molecule has 6 heteroatoms. The van der Waals surface area contributed by atoms with Gasteiger partial charge in [-0.2, -0.15) is 0 Å². The van der Waals surface area contributed by atoms with Gasteiger partial charge in [0.15, 0.2) is 0 Å². The molecule has 0 heterocycles. The van der Waals surface area contributed by atoms with Crippen molar-refractivity contribution in [2.75, 3.05) is 26.1 Å². The first-order chi connectivity index (χ1) is 13.7. The fourth-order valence-corrected chi connectivity index (χ4v) is 3.65. The number of nitrogens with two attached hydrogens (primary N) is 1. The maximum Gasteiger partial charge on any atom is 0.220 e. The summed E-state index contributed by atoms with van der Waals surface area (Å²) in [6, 6.07) is 14.1. The number of halogens is 1. The summed E-state index contributed by atoms with van der Waals surface area (Å²) >= 11 is 0. The molecule has 2 aromatic rings. The Bertz CT molecular complexity index is 780. The van der Waals surface area contributed by atoms with Gasteiger partial charge < -0.3 is 20.5 Å². The number of ether oxygens (including phenoxy) is 2. The molecule has 0 aliphatic heterocycles. The van der Waals surface area contributed by atoms with Crippen molar-refractivity contribution >= 4 is 24.0 Å². The van der Waals surface area contributed by atoms with Gasteiger partial charge in [-0.3, -0.25) is 4.79 Å². The predicted molar refractivity (Wildman–Crippen MR) is 119 cm³/mol. The Balaban J connectivity index is 0.00000300. The fraction of sp³-hybridized carbons (Fsp3) is 0.435. The molecule has 0 saturated carbocycles. The zero-order valence-corrected chi connectivity index (χ0v) is 17.8. The highest BCUT2D eigenvalue weighted by atomic mass is 35.5. The Morgan fingerprint density at radius 2 is 1.97 bits per heavy atom. The van der Waals surface area contributed by atoms with E-state index in [0.717, 1.165) is 37.1 Å². The number of anilines is 1.